The Morgan fingerprint density at radius 1 is 0.821 bits per heavy atom. The molecule has 0 spiro atoms. The molecule has 0 aliphatic carbocycles. The molecule has 9 heteroatoms. The minimum Gasteiger partial charge on any atom is -0.428 e. The maximum absolute atomic E-state index is 12.8. The summed E-state index contributed by atoms with van der Waals surface area (Å²) in [5.74, 6) is -1.04. The second-order valence-electron chi connectivity index (χ2n) is 9.49. The molecular formula is C30H29N3O5S. The molecule has 0 radical (unpaired) electrons. The monoisotopic (exact) mass is 543 g/mol. The summed E-state index contributed by atoms with van der Waals surface area (Å²) in [4.78, 5) is 34.4. The highest BCUT2D eigenvalue weighted by Gasteiger charge is 2.37. The van der Waals surface area contributed by atoms with Crippen LogP contribution >= 0.6 is 11.3 Å². The van der Waals surface area contributed by atoms with Crippen molar-refractivity contribution in [3.63, 3.8) is 0 Å². The third-order valence-corrected chi connectivity index (χ3v) is 6.36. The van der Waals surface area contributed by atoms with Crippen LogP contribution in [0.5, 0.6) is 0 Å². The average molecular weight is 544 g/mol. The van der Waals surface area contributed by atoms with Crippen molar-refractivity contribution in [2.45, 2.75) is 31.9 Å². The maximum atomic E-state index is 12.8. The van der Waals surface area contributed by atoms with Gasteiger partial charge in [0.15, 0.2) is 5.13 Å². The fraction of sp³-hybridized carbons (Fsp3) is 0.200. The Hall–Kier alpha value is -4.50. The largest absolute Gasteiger partial charge is 0.516 e. The first-order chi connectivity index (χ1) is 18.7. The van der Waals surface area contributed by atoms with Crippen molar-refractivity contribution in [2.75, 3.05) is 12.4 Å². The lowest BCUT2D eigenvalue weighted by atomic mass is 9.77. The molecule has 0 unspecified atom stereocenters. The van der Waals surface area contributed by atoms with Crippen LogP contribution in [0.2, 0.25) is 0 Å². The van der Waals surface area contributed by atoms with E-state index >= 15 is 0 Å². The number of anilines is 1. The van der Waals surface area contributed by atoms with Gasteiger partial charge in [0.2, 0.25) is 5.71 Å². The first-order valence-electron chi connectivity index (χ1n) is 12.2. The number of aromatic nitrogens is 1. The molecule has 4 rings (SSSR count). The molecule has 0 bridgehead atoms. The van der Waals surface area contributed by atoms with Crippen molar-refractivity contribution in [1.29, 1.82) is 0 Å². The Balaban J connectivity index is 1.74. The third-order valence-electron chi connectivity index (χ3n) is 5.60. The smallest absolute Gasteiger partial charge is 0.428 e. The summed E-state index contributed by atoms with van der Waals surface area (Å²) in [6, 6.07) is 30.1. The lowest BCUT2D eigenvalue weighted by molar-refractivity contribution is -0.133. The molecule has 0 fully saturated rings. The molecule has 8 nitrogen and oxygen atoms in total. The van der Waals surface area contributed by atoms with Crippen LogP contribution in [0.3, 0.4) is 0 Å². The van der Waals surface area contributed by atoms with Crippen molar-refractivity contribution in [1.82, 2.24) is 4.98 Å². The fourth-order valence-corrected chi connectivity index (χ4v) is 4.81. The first-order valence-corrected chi connectivity index (χ1v) is 13.1. The first kappa shape index (κ1) is 27.5. The van der Waals surface area contributed by atoms with Crippen LogP contribution in [0.15, 0.2) is 102 Å². The predicted octanol–water partition coefficient (Wildman–Crippen LogP) is 6.38. The van der Waals surface area contributed by atoms with E-state index in [1.165, 1.54) is 18.4 Å². The summed E-state index contributed by atoms with van der Waals surface area (Å²) >= 11 is 1.28. The van der Waals surface area contributed by atoms with Gasteiger partial charge in [-0.05, 0) is 37.5 Å². The van der Waals surface area contributed by atoms with Gasteiger partial charge in [-0.1, -0.05) is 96.2 Å². The van der Waals surface area contributed by atoms with Crippen molar-refractivity contribution in [3.05, 3.63) is 119 Å². The topological polar surface area (TPSA) is 99.1 Å². The number of nitrogens with zero attached hydrogens (tertiary/aromatic N) is 2. The number of hydrogen-bond acceptors (Lipinski definition) is 9. The number of thiazole rings is 1. The second kappa shape index (κ2) is 11.9. The molecule has 200 valence electrons. The Labute approximate surface area is 231 Å². The van der Waals surface area contributed by atoms with Crippen molar-refractivity contribution >= 4 is 34.3 Å². The van der Waals surface area contributed by atoms with Gasteiger partial charge >= 0.3 is 12.1 Å². The van der Waals surface area contributed by atoms with Crippen molar-refractivity contribution < 1.29 is 23.9 Å². The predicted molar refractivity (Wildman–Crippen MR) is 151 cm³/mol. The van der Waals surface area contributed by atoms with E-state index in [0.29, 0.717) is 5.13 Å². The fourth-order valence-electron chi connectivity index (χ4n) is 4.06. The molecule has 4 aromatic rings. The van der Waals surface area contributed by atoms with Crippen LogP contribution in [-0.4, -0.2) is 35.5 Å². The Morgan fingerprint density at radius 3 is 1.74 bits per heavy atom. The number of ether oxygens (including phenoxy) is 2. The highest BCUT2D eigenvalue weighted by Crippen LogP contribution is 2.40. The number of hydrogen-bond donors (Lipinski definition) is 1. The number of nitrogens with one attached hydrogen (secondary N) is 1. The molecule has 1 N–H and O–H groups in total. The minimum absolute atomic E-state index is 0.181. The molecule has 1 aromatic heterocycles. The maximum Gasteiger partial charge on any atom is 0.516 e. The van der Waals surface area contributed by atoms with Crippen LogP contribution in [0.25, 0.3) is 0 Å². The van der Waals surface area contributed by atoms with Gasteiger partial charge in [0.05, 0.1) is 0 Å². The zero-order chi connectivity index (χ0) is 27.9. The molecule has 0 aliphatic rings. The number of rotatable bonds is 8. The van der Waals surface area contributed by atoms with Crippen LogP contribution in [0.1, 0.15) is 43.2 Å². The van der Waals surface area contributed by atoms with E-state index < -0.39 is 23.3 Å². The zero-order valence-corrected chi connectivity index (χ0v) is 22.9. The number of carbonyl (C=O) groups is 2. The van der Waals surface area contributed by atoms with Gasteiger partial charge in [-0.25, -0.2) is 14.6 Å². The van der Waals surface area contributed by atoms with Crippen LogP contribution in [-0.2, 0) is 24.6 Å². The van der Waals surface area contributed by atoms with Gasteiger partial charge in [0, 0.05) is 5.38 Å². The molecule has 0 saturated heterocycles. The quantitative estimate of drug-likeness (QED) is 0.0905. The number of oxime groups is 1. The Bertz CT molecular complexity index is 1340. The van der Waals surface area contributed by atoms with E-state index in [1.807, 2.05) is 54.6 Å². The van der Waals surface area contributed by atoms with E-state index in [4.69, 9.17) is 14.3 Å². The molecule has 39 heavy (non-hydrogen) atoms. The van der Waals surface area contributed by atoms with Crippen LogP contribution in [0.4, 0.5) is 9.93 Å². The highest BCUT2D eigenvalue weighted by atomic mass is 32.1. The van der Waals surface area contributed by atoms with E-state index in [0.717, 1.165) is 16.7 Å². The summed E-state index contributed by atoms with van der Waals surface area (Å²) in [6.45, 7) is 5.00. The SMILES string of the molecule is CON=C(C(=O)OC(=O)OC(C)(C)C)c1csc(NC(c2ccccc2)(c2ccccc2)c2ccccc2)n1. The Morgan fingerprint density at radius 2 is 1.31 bits per heavy atom. The minimum atomic E-state index is -1.14. The normalized spacial score (nSPS) is 11.9. The lowest BCUT2D eigenvalue weighted by Crippen LogP contribution is -2.38. The van der Waals surface area contributed by atoms with Crippen LogP contribution < -0.4 is 5.32 Å². The standard InChI is InChI=1S/C30H29N3O5S/c1-29(2,3)38-28(35)37-26(34)25(33-36-4)24-20-39-27(31-24)32-30(21-14-8-5-9-15-21,22-16-10-6-11-17-22)23-18-12-7-13-19-23/h5-20H,1-4H3,(H,31,32). The molecule has 0 amide bonds. The molecule has 3 aromatic carbocycles. The zero-order valence-electron chi connectivity index (χ0n) is 22.1. The summed E-state index contributed by atoms with van der Waals surface area (Å²) in [5, 5.41) is 9.57. The second-order valence-corrected chi connectivity index (χ2v) is 10.3. The van der Waals surface area contributed by atoms with Crippen molar-refractivity contribution in [2.24, 2.45) is 5.16 Å². The summed E-state index contributed by atoms with van der Waals surface area (Å²) in [7, 11) is 1.29. The third kappa shape index (κ3) is 6.50. The number of benzene rings is 3. The van der Waals surface area contributed by atoms with Gasteiger partial charge in [0.1, 0.15) is 23.9 Å². The lowest BCUT2D eigenvalue weighted by Gasteiger charge is -2.36. The van der Waals surface area contributed by atoms with Gasteiger partial charge in [0.25, 0.3) is 0 Å². The average Bonchev–Trinajstić information content (AvgIpc) is 3.38. The summed E-state index contributed by atoms with van der Waals surface area (Å²) in [6.07, 6.45) is -1.14. The summed E-state index contributed by atoms with van der Waals surface area (Å²) < 4.78 is 9.93. The number of carbonyl (C=O) groups excluding carboxylic acids is 2. The Kier molecular flexibility index (Phi) is 8.41. The highest BCUT2D eigenvalue weighted by molar-refractivity contribution is 7.14. The van der Waals surface area contributed by atoms with Crippen LogP contribution in [0, 0.1) is 0 Å². The van der Waals surface area contributed by atoms with Gasteiger partial charge in [-0.3, -0.25) is 0 Å². The van der Waals surface area contributed by atoms with Gasteiger partial charge in [-0.2, -0.15) is 0 Å². The van der Waals surface area contributed by atoms with E-state index in [9.17, 15) is 9.59 Å². The molecular weight excluding hydrogens is 514 g/mol. The summed E-state index contributed by atoms with van der Waals surface area (Å²) in [5.41, 5.74) is 1.26. The molecule has 0 atom stereocenters. The van der Waals surface area contributed by atoms with E-state index in [-0.39, 0.29) is 11.4 Å². The molecule has 1 heterocycles. The molecule has 0 saturated carbocycles. The number of esters is 1. The molecule has 0 aliphatic heterocycles. The van der Waals surface area contributed by atoms with E-state index in [1.54, 1.807) is 26.2 Å². The van der Waals surface area contributed by atoms with Gasteiger partial charge < -0.3 is 19.6 Å². The van der Waals surface area contributed by atoms with Crippen molar-refractivity contribution in [3.8, 4) is 0 Å². The van der Waals surface area contributed by atoms with E-state index in [2.05, 4.69) is 51.9 Å². The van der Waals surface area contributed by atoms with Gasteiger partial charge in [-0.15, -0.1) is 11.3 Å².